The minimum atomic E-state index is -0.303. The highest BCUT2D eigenvalue weighted by molar-refractivity contribution is 5.70. The van der Waals surface area contributed by atoms with Crippen molar-refractivity contribution in [2.75, 3.05) is 0 Å². The smallest absolute Gasteiger partial charge is 0.306 e. The van der Waals surface area contributed by atoms with Gasteiger partial charge in [-0.05, 0) is 25.7 Å². The first-order valence-electron chi connectivity index (χ1n) is 6.00. The van der Waals surface area contributed by atoms with Gasteiger partial charge in [0.15, 0.2) is 0 Å². The zero-order chi connectivity index (χ0) is 12.0. The van der Waals surface area contributed by atoms with Crippen LogP contribution >= 0.6 is 0 Å². The monoisotopic (exact) mass is 228 g/mol. The molecule has 0 amide bonds. The molecule has 0 bridgehead atoms. The van der Waals surface area contributed by atoms with Gasteiger partial charge < -0.3 is 9.47 Å². The van der Waals surface area contributed by atoms with Gasteiger partial charge in [0, 0.05) is 13.3 Å². The SMILES string of the molecule is CCCCC(OC(C)=O)C1CCCC(=O)O1. The Balaban J connectivity index is 2.51. The van der Waals surface area contributed by atoms with E-state index >= 15 is 0 Å². The van der Waals surface area contributed by atoms with E-state index in [0.29, 0.717) is 6.42 Å². The summed E-state index contributed by atoms with van der Waals surface area (Å²) in [5, 5.41) is 0. The first-order valence-corrected chi connectivity index (χ1v) is 6.00. The Morgan fingerprint density at radius 3 is 2.94 bits per heavy atom. The largest absolute Gasteiger partial charge is 0.459 e. The van der Waals surface area contributed by atoms with Crippen molar-refractivity contribution < 1.29 is 19.1 Å². The summed E-state index contributed by atoms with van der Waals surface area (Å²) in [4.78, 5) is 22.2. The Morgan fingerprint density at radius 1 is 1.62 bits per heavy atom. The molecule has 1 aliphatic heterocycles. The number of hydrogen-bond acceptors (Lipinski definition) is 4. The number of esters is 2. The second-order valence-electron chi connectivity index (χ2n) is 4.21. The van der Waals surface area contributed by atoms with E-state index in [1.807, 2.05) is 0 Å². The van der Waals surface area contributed by atoms with Gasteiger partial charge in [-0.3, -0.25) is 9.59 Å². The summed E-state index contributed by atoms with van der Waals surface area (Å²) < 4.78 is 10.5. The molecule has 92 valence electrons. The quantitative estimate of drug-likeness (QED) is 0.677. The fourth-order valence-electron chi connectivity index (χ4n) is 1.94. The average Bonchev–Trinajstić information content (AvgIpc) is 2.23. The second-order valence-corrected chi connectivity index (χ2v) is 4.21. The first kappa shape index (κ1) is 13.0. The van der Waals surface area contributed by atoms with Crippen LogP contribution in [-0.2, 0) is 19.1 Å². The summed E-state index contributed by atoms with van der Waals surface area (Å²) in [5.74, 6) is -0.479. The van der Waals surface area contributed by atoms with Crippen LogP contribution in [0, 0.1) is 0 Å². The average molecular weight is 228 g/mol. The molecule has 0 N–H and O–H groups in total. The molecule has 1 fully saturated rings. The van der Waals surface area contributed by atoms with E-state index in [-0.39, 0.29) is 24.1 Å². The number of cyclic esters (lactones) is 1. The van der Waals surface area contributed by atoms with Crippen molar-refractivity contribution in [2.45, 2.75) is 64.6 Å². The molecule has 0 spiro atoms. The van der Waals surface area contributed by atoms with E-state index in [2.05, 4.69) is 6.92 Å². The summed E-state index contributed by atoms with van der Waals surface area (Å²) in [6.45, 7) is 3.47. The van der Waals surface area contributed by atoms with Gasteiger partial charge in [-0.2, -0.15) is 0 Å². The minimum absolute atomic E-state index is 0.176. The Labute approximate surface area is 96.3 Å². The summed E-state index contributed by atoms with van der Waals surface area (Å²) >= 11 is 0. The van der Waals surface area contributed by atoms with Crippen LogP contribution < -0.4 is 0 Å². The molecule has 1 rings (SSSR count). The van der Waals surface area contributed by atoms with E-state index < -0.39 is 0 Å². The maximum atomic E-state index is 11.2. The van der Waals surface area contributed by atoms with Gasteiger partial charge in [-0.1, -0.05) is 13.3 Å². The lowest BCUT2D eigenvalue weighted by Crippen LogP contribution is -2.37. The van der Waals surface area contributed by atoms with Crippen LogP contribution in [0.4, 0.5) is 0 Å². The summed E-state index contributed by atoms with van der Waals surface area (Å²) in [5.41, 5.74) is 0. The molecule has 0 aromatic carbocycles. The number of ether oxygens (including phenoxy) is 2. The summed E-state index contributed by atoms with van der Waals surface area (Å²) in [6, 6.07) is 0. The Kier molecular flexibility index (Phi) is 5.29. The third-order valence-electron chi connectivity index (χ3n) is 2.73. The molecule has 0 aromatic rings. The van der Waals surface area contributed by atoms with Gasteiger partial charge in [-0.15, -0.1) is 0 Å². The summed E-state index contributed by atoms with van der Waals surface area (Å²) in [7, 11) is 0. The standard InChI is InChI=1S/C12H20O4/c1-3-4-6-10(15-9(2)13)11-7-5-8-12(14)16-11/h10-11H,3-8H2,1-2H3. The predicted octanol–water partition coefficient (Wildman–Crippen LogP) is 2.20. The van der Waals surface area contributed by atoms with Crippen LogP contribution in [0.25, 0.3) is 0 Å². The van der Waals surface area contributed by atoms with Crippen LogP contribution in [0.2, 0.25) is 0 Å². The van der Waals surface area contributed by atoms with Gasteiger partial charge in [0.25, 0.3) is 0 Å². The molecule has 2 atom stereocenters. The van der Waals surface area contributed by atoms with E-state index in [0.717, 1.165) is 32.1 Å². The van der Waals surface area contributed by atoms with Crippen molar-refractivity contribution in [3.63, 3.8) is 0 Å². The van der Waals surface area contributed by atoms with Gasteiger partial charge in [-0.25, -0.2) is 0 Å². The highest BCUT2D eigenvalue weighted by atomic mass is 16.6. The van der Waals surface area contributed by atoms with Crippen molar-refractivity contribution in [1.29, 1.82) is 0 Å². The lowest BCUT2D eigenvalue weighted by Gasteiger charge is -2.29. The molecule has 1 saturated heterocycles. The van der Waals surface area contributed by atoms with E-state index in [1.54, 1.807) is 0 Å². The molecule has 16 heavy (non-hydrogen) atoms. The maximum absolute atomic E-state index is 11.2. The van der Waals surface area contributed by atoms with Crippen molar-refractivity contribution in [1.82, 2.24) is 0 Å². The van der Waals surface area contributed by atoms with Gasteiger partial charge in [0.05, 0.1) is 0 Å². The number of carbonyl (C=O) groups is 2. The number of hydrogen-bond donors (Lipinski definition) is 0. The van der Waals surface area contributed by atoms with Crippen molar-refractivity contribution in [3.05, 3.63) is 0 Å². The lowest BCUT2D eigenvalue weighted by atomic mass is 10.00. The number of rotatable bonds is 5. The van der Waals surface area contributed by atoms with Gasteiger partial charge >= 0.3 is 11.9 Å². The molecular formula is C12H20O4. The van der Waals surface area contributed by atoms with E-state index in [9.17, 15) is 9.59 Å². The van der Waals surface area contributed by atoms with Crippen LogP contribution in [0.5, 0.6) is 0 Å². The molecule has 4 nitrogen and oxygen atoms in total. The van der Waals surface area contributed by atoms with Crippen molar-refractivity contribution in [3.8, 4) is 0 Å². The number of carbonyl (C=O) groups excluding carboxylic acids is 2. The Hall–Kier alpha value is -1.06. The summed E-state index contributed by atoms with van der Waals surface area (Å²) in [6.07, 6.45) is 4.40. The zero-order valence-electron chi connectivity index (χ0n) is 10.0. The van der Waals surface area contributed by atoms with Crippen LogP contribution in [-0.4, -0.2) is 24.1 Å². The van der Waals surface area contributed by atoms with E-state index in [1.165, 1.54) is 6.92 Å². The van der Waals surface area contributed by atoms with Crippen molar-refractivity contribution >= 4 is 11.9 Å². The highest BCUT2D eigenvalue weighted by Crippen LogP contribution is 2.22. The third kappa shape index (κ3) is 4.21. The maximum Gasteiger partial charge on any atom is 0.306 e. The Morgan fingerprint density at radius 2 is 2.38 bits per heavy atom. The molecule has 1 heterocycles. The molecule has 0 aromatic heterocycles. The van der Waals surface area contributed by atoms with Crippen LogP contribution in [0.1, 0.15) is 52.4 Å². The lowest BCUT2D eigenvalue weighted by molar-refractivity contribution is -0.172. The fourth-order valence-corrected chi connectivity index (χ4v) is 1.94. The van der Waals surface area contributed by atoms with Crippen molar-refractivity contribution in [2.24, 2.45) is 0 Å². The molecule has 0 radical (unpaired) electrons. The molecule has 4 heteroatoms. The molecule has 0 saturated carbocycles. The normalized spacial score (nSPS) is 22.4. The van der Waals surface area contributed by atoms with Gasteiger partial charge in [0.2, 0.25) is 0 Å². The predicted molar refractivity (Wildman–Crippen MR) is 58.8 cm³/mol. The third-order valence-corrected chi connectivity index (χ3v) is 2.73. The minimum Gasteiger partial charge on any atom is -0.459 e. The van der Waals surface area contributed by atoms with E-state index in [4.69, 9.17) is 9.47 Å². The zero-order valence-corrected chi connectivity index (χ0v) is 10.0. The Bertz CT molecular complexity index is 249. The first-order chi connectivity index (χ1) is 7.63. The molecular weight excluding hydrogens is 208 g/mol. The molecule has 1 aliphatic rings. The highest BCUT2D eigenvalue weighted by Gasteiger charge is 2.30. The van der Waals surface area contributed by atoms with Crippen LogP contribution in [0.3, 0.4) is 0 Å². The molecule has 0 aliphatic carbocycles. The number of unbranched alkanes of at least 4 members (excludes halogenated alkanes) is 1. The topological polar surface area (TPSA) is 52.6 Å². The fraction of sp³-hybridized carbons (Fsp3) is 0.833. The van der Waals surface area contributed by atoms with Gasteiger partial charge in [0.1, 0.15) is 12.2 Å². The second kappa shape index (κ2) is 6.51. The molecule has 2 unspecified atom stereocenters. The van der Waals surface area contributed by atoms with Crippen LogP contribution in [0.15, 0.2) is 0 Å².